The van der Waals surface area contributed by atoms with E-state index in [2.05, 4.69) is 9.89 Å². The van der Waals surface area contributed by atoms with Gasteiger partial charge in [-0.3, -0.25) is 14.6 Å². The summed E-state index contributed by atoms with van der Waals surface area (Å²) >= 11 is 0. The fourth-order valence-electron chi connectivity index (χ4n) is 4.67. The van der Waals surface area contributed by atoms with Crippen molar-refractivity contribution in [2.24, 2.45) is 10.9 Å². The lowest BCUT2D eigenvalue weighted by Crippen LogP contribution is -2.63. The number of amides is 3. The standard InChI is InChI=1S/C22H27N7O3/c1-26(10-14-8-9-32-12-14)19-15-6-4-5-7-16(15)24-17(25-19)11-29-20-18(27(2)13-23-20)21(30)28(3)22(29)31/h4-7,13-14,18,20H,8-12H2,1-3H3. The molecular weight excluding hydrogens is 410 g/mol. The van der Waals surface area contributed by atoms with Gasteiger partial charge in [-0.1, -0.05) is 12.1 Å². The van der Waals surface area contributed by atoms with E-state index in [1.54, 1.807) is 23.2 Å². The largest absolute Gasteiger partial charge is 0.381 e. The van der Waals surface area contributed by atoms with Crippen LogP contribution >= 0.6 is 0 Å². The van der Waals surface area contributed by atoms with Gasteiger partial charge < -0.3 is 14.5 Å². The highest BCUT2D eigenvalue weighted by molar-refractivity contribution is 6.01. The Kier molecular flexibility index (Phi) is 5.16. The van der Waals surface area contributed by atoms with Crippen LogP contribution in [0.4, 0.5) is 10.6 Å². The SMILES string of the molecule is CN1C(=O)C2C(N=CN2C)N(Cc2nc(N(C)CC3CCOC3)c3ccccc3n2)C1=O. The third-order valence-electron chi connectivity index (χ3n) is 6.42. The first kappa shape index (κ1) is 20.6. The van der Waals surface area contributed by atoms with Crippen LogP contribution < -0.4 is 4.90 Å². The van der Waals surface area contributed by atoms with Gasteiger partial charge in [0.25, 0.3) is 5.91 Å². The summed E-state index contributed by atoms with van der Waals surface area (Å²) in [4.78, 5) is 46.2. The molecule has 10 heteroatoms. The van der Waals surface area contributed by atoms with Crippen molar-refractivity contribution in [2.75, 3.05) is 45.8 Å². The van der Waals surface area contributed by atoms with Gasteiger partial charge >= 0.3 is 6.03 Å². The van der Waals surface area contributed by atoms with E-state index in [1.807, 2.05) is 31.3 Å². The van der Waals surface area contributed by atoms with E-state index in [-0.39, 0.29) is 12.5 Å². The van der Waals surface area contributed by atoms with Crippen LogP contribution in [0.15, 0.2) is 29.3 Å². The highest BCUT2D eigenvalue weighted by Gasteiger charge is 2.49. The number of carbonyl (C=O) groups is 2. The van der Waals surface area contributed by atoms with Gasteiger partial charge in [0.05, 0.1) is 25.0 Å². The van der Waals surface area contributed by atoms with E-state index in [9.17, 15) is 9.59 Å². The minimum Gasteiger partial charge on any atom is -0.381 e. The second-order valence-electron chi connectivity index (χ2n) is 8.69. The number of aromatic nitrogens is 2. The molecule has 0 saturated carbocycles. The molecule has 2 saturated heterocycles. The summed E-state index contributed by atoms with van der Waals surface area (Å²) in [5.41, 5.74) is 0.819. The zero-order chi connectivity index (χ0) is 22.4. The normalized spacial score (nSPS) is 25.2. The van der Waals surface area contributed by atoms with Gasteiger partial charge in [-0.05, 0) is 18.6 Å². The molecule has 5 rings (SSSR count). The van der Waals surface area contributed by atoms with Crippen LogP contribution in [0.2, 0.25) is 0 Å². The number of carbonyl (C=O) groups excluding carboxylic acids is 2. The van der Waals surface area contributed by atoms with E-state index >= 15 is 0 Å². The molecule has 2 fully saturated rings. The minimum atomic E-state index is -0.580. The molecule has 2 aromatic rings. The van der Waals surface area contributed by atoms with Crippen LogP contribution in [0, 0.1) is 5.92 Å². The Balaban J connectivity index is 1.48. The number of ether oxygens (including phenoxy) is 1. The van der Waals surface area contributed by atoms with E-state index < -0.39 is 18.2 Å². The summed E-state index contributed by atoms with van der Waals surface area (Å²) in [6.07, 6.45) is 2.07. The minimum absolute atomic E-state index is 0.168. The number of anilines is 1. The smallest absolute Gasteiger partial charge is 0.328 e. The lowest BCUT2D eigenvalue weighted by Gasteiger charge is -2.40. The Labute approximate surface area is 186 Å². The predicted molar refractivity (Wildman–Crippen MR) is 119 cm³/mol. The zero-order valence-corrected chi connectivity index (χ0v) is 18.5. The lowest BCUT2D eigenvalue weighted by atomic mass is 10.1. The maximum Gasteiger partial charge on any atom is 0.328 e. The highest BCUT2D eigenvalue weighted by Crippen LogP contribution is 2.29. The average Bonchev–Trinajstić information content (AvgIpc) is 3.44. The van der Waals surface area contributed by atoms with Crippen LogP contribution in [-0.4, -0.2) is 96.1 Å². The lowest BCUT2D eigenvalue weighted by molar-refractivity contribution is -0.136. The summed E-state index contributed by atoms with van der Waals surface area (Å²) in [6, 6.07) is 6.97. The number of fused-ring (bicyclic) bond motifs is 2. The first-order valence-electron chi connectivity index (χ1n) is 10.8. The van der Waals surface area contributed by atoms with E-state index in [0.717, 1.165) is 47.8 Å². The Morgan fingerprint density at radius 1 is 1.19 bits per heavy atom. The van der Waals surface area contributed by atoms with Crippen LogP contribution in [0.5, 0.6) is 0 Å². The number of para-hydroxylation sites is 1. The molecule has 3 aliphatic rings. The van der Waals surface area contributed by atoms with Crippen molar-refractivity contribution in [3.63, 3.8) is 0 Å². The molecule has 0 bridgehead atoms. The highest BCUT2D eigenvalue weighted by atomic mass is 16.5. The number of benzene rings is 1. The molecule has 168 valence electrons. The Morgan fingerprint density at radius 3 is 2.78 bits per heavy atom. The molecule has 10 nitrogen and oxygen atoms in total. The molecule has 32 heavy (non-hydrogen) atoms. The van der Waals surface area contributed by atoms with Crippen LogP contribution in [-0.2, 0) is 16.1 Å². The molecule has 0 aliphatic carbocycles. The first-order valence-corrected chi connectivity index (χ1v) is 10.8. The first-order chi connectivity index (χ1) is 15.4. The number of imide groups is 1. The molecule has 1 aromatic carbocycles. The number of nitrogens with zero attached hydrogens (tertiary/aromatic N) is 7. The molecule has 0 N–H and O–H groups in total. The molecule has 3 unspecified atom stereocenters. The van der Waals surface area contributed by atoms with Crippen LogP contribution in [0.25, 0.3) is 10.9 Å². The predicted octanol–water partition coefficient (Wildman–Crippen LogP) is 1.16. The summed E-state index contributed by atoms with van der Waals surface area (Å²) in [5, 5.41) is 0.964. The number of likely N-dealkylation sites (N-methyl/N-ethyl adjacent to an activating group) is 2. The topological polar surface area (TPSA) is 94.5 Å². The van der Waals surface area contributed by atoms with Gasteiger partial charge in [0, 0.05) is 45.6 Å². The zero-order valence-electron chi connectivity index (χ0n) is 18.5. The Hall–Kier alpha value is -3.27. The van der Waals surface area contributed by atoms with Gasteiger partial charge in [-0.25, -0.2) is 19.8 Å². The van der Waals surface area contributed by atoms with Crippen molar-refractivity contribution in [1.29, 1.82) is 0 Å². The van der Waals surface area contributed by atoms with E-state index in [0.29, 0.717) is 11.7 Å². The van der Waals surface area contributed by atoms with Gasteiger partial charge in [-0.2, -0.15) is 0 Å². The molecule has 0 spiro atoms. The fraction of sp³-hybridized carbons (Fsp3) is 0.500. The third-order valence-corrected chi connectivity index (χ3v) is 6.42. The Morgan fingerprint density at radius 2 is 2.00 bits per heavy atom. The Bertz CT molecular complexity index is 1080. The van der Waals surface area contributed by atoms with Crippen molar-refractivity contribution < 1.29 is 14.3 Å². The second kappa shape index (κ2) is 8.01. The molecular formula is C22H27N7O3. The number of hydrogen-bond acceptors (Lipinski definition) is 8. The maximum atomic E-state index is 13.0. The van der Waals surface area contributed by atoms with Gasteiger partial charge in [0.15, 0.2) is 18.0 Å². The molecule has 3 aliphatic heterocycles. The van der Waals surface area contributed by atoms with Gasteiger partial charge in [-0.15, -0.1) is 0 Å². The molecule has 3 amide bonds. The fourth-order valence-corrected chi connectivity index (χ4v) is 4.67. The summed E-state index contributed by atoms with van der Waals surface area (Å²) in [5.74, 6) is 1.56. The van der Waals surface area contributed by atoms with Crippen LogP contribution in [0.1, 0.15) is 12.2 Å². The number of hydrogen-bond donors (Lipinski definition) is 0. The molecule has 3 atom stereocenters. The van der Waals surface area contributed by atoms with E-state index in [1.165, 1.54) is 7.05 Å². The number of rotatable bonds is 5. The molecule has 4 heterocycles. The summed E-state index contributed by atoms with van der Waals surface area (Å²) in [6.45, 7) is 2.56. The van der Waals surface area contributed by atoms with E-state index in [4.69, 9.17) is 14.7 Å². The second-order valence-corrected chi connectivity index (χ2v) is 8.69. The van der Waals surface area contributed by atoms with Crippen molar-refractivity contribution >= 4 is 35.0 Å². The maximum absolute atomic E-state index is 13.0. The number of urea groups is 1. The van der Waals surface area contributed by atoms with Crippen molar-refractivity contribution in [1.82, 2.24) is 24.7 Å². The average molecular weight is 438 g/mol. The monoisotopic (exact) mass is 437 g/mol. The van der Waals surface area contributed by atoms with Crippen LogP contribution in [0.3, 0.4) is 0 Å². The molecule has 0 radical (unpaired) electrons. The third kappa shape index (κ3) is 3.44. The van der Waals surface area contributed by atoms with Gasteiger partial charge in [0.2, 0.25) is 0 Å². The molecule has 1 aromatic heterocycles. The van der Waals surface area contributed by atoms with Crippen molar-refractivity contribution in [3.8, 4) is 0 Å². The van der Waals surface area contributed by atoms with Crippen molar-refractivity contribution in [3.05, 3.63) is 30.1 Å². The number of aliphatic imine (C=N–C) groups is 1. The quantitative estimate of drug-likeness (QED) is 0.693. The summed E-state index contributed by atoms with van der Waals surface area (Å²) < 4.78 is 5.53. The van der Waals surface area contributed by atoms with Crippen molar-refractivity contribution in [2.45, 2.75) is 25.2 Å². The van der Waals surface area contributed by atoms with Gasteiger partial charge in [0.1, 0.15) is 5.82 Å². The summed E-state index contributed by atoms with van der Waals surface area (Å²) in [7, 11) is 5.33.